The van der Waals surface area contributed by atoms with E-state index in [0.717, 1.165) is 6.26 Å². The Morgan fingerprint density at radius 2 is 2.00 bits per heavy atom. The summed E-state index contributed by atoms with van der Waals surface area (Å²) in [6.45, 7) is 7.55. The number of nitrogens with one attached hydrogen (secondary N) is 2. The molecule has 0 radical (unpaired) electrons. The van der Waals surface area contributed by atoms with Crippen molar-refractivity contribution in [2.45, 2.75) is 39.3 Å². The Labute approximate surface area is 125 Å². The Balaban J connectivity index is 2.80. The SMILES string of the molecule is CC(C)Oc1ncnc(NCC(C)(C)NS(C)(=O)=O)c1N. The highest BCUT2D eigenvalue weighted by molar-refractivity contribution is 7.88. The molecule has 4 N–H and O–H groups in total. The molecule has 9 heteroatoms. The second-order valence-electron chi connectivity index (χ2n) is 5.72. The summed E-state index contributed by atoms with van der Waals surface area (Å²) in [5.41, 5.74) is 5.54. The smallest absolute Gasteiger partial charge is 0.242 e. The molecule has 8 nitrogen and oxygen atoms in total. The lowest BCUT2D eigenvalue weighted by Gasteiger charge is -2.26. The third-order valence-electron chi connectivity index (χ3n) is 2.35. The topological polar surface area (TPSA) is 119 Å². The summed E-state index contributed by atoms with van der Waals surface area (Å²) in [5, 5.41) is 3.01. The number of anilines is 2. The van der Waals surface area contributed by atoms with Crippen molar-refractivity contribution in [1.82, 2.24) is 14.7 Å². The van der Waals surface area contributed by atoms with Crippen molar-refractivity contribution >= 4 is 21.5 Å². The number of aromatic nitrogens is 2. The molecular formula is C12H23N5O3S. The van der Waals surface area contributed by atoms with Gasteiger partial charge in [-0.15, -0.1) is 0 Å². The van der Waals surface area contributed by atoms with E-state index < -0.39 is 15.6 Å². The van der Waals surface area contributed by atoms with Gasteiger partial charge in [-0.3, -0.25) is 0 Å². The normalized spacial score (nSPS) is 12.5. The van der Waals surface area contributed by atoms with Crippen LogP contribution in [0.5, 0.6) is 5.88 Å². The van der Waals surface area contributed by atoms with Gasteiger partial charge in [0.25, 0.3) is 0 Å². The molecule has 1 aromatic heterocycles. The van der Waals surface area contributed by atoms with E-state index in [0.29, 0.717) is 23.9 Å². The maximum atomic E-state index is 11.3. The van der Waals surface area contributed by atoms with E-state index in [1.54, 1.807) is 13.8 Å². The summed E-state index contributed by atoms with van der Waals surface area (Å²) in [4.78, 5) is 8.01. The van der Waals surface area contributed by atoms with Crippen molar-refractivity contribution in [3.05, 3.63) is 6.33 Å². The zero-order chi connectivity index (χ0) is 16.3. The first-order valence-corrected chi connectivity index (χ1v) is 8.39. The van der Waals surface area contributed by atoms with Crippen LogP contribution in [0, 0.1) is 0 Å². The van der Waals surface area contributed by atoms with E-state index in [-0.39, 0.29) is 6.10 Å². The standard InChI is InChI=1S/C12H23N5O3S/c1-8(2)20-11-9(13)10(15-7-16-11)14-6-12(3,4)17-21(5,18)19/h7-8,17H,6,13H2,1-5H3,(H,14,15,16). The van der Waals surface area contributed by atoms with E-state index in [9.17, 15) is 8.42 Å². The highest BCUT2D eigenvalue weighted by atomic mass is 32.2. The van der Waals surface area contributed by atoms with E-state index in [2.05, 4.69) is 20.0 Å². The van der Waals surface area contributed by atoms with Crippen LogP contribution in [-0.4, -0.2) is 42.8 Å². The molecule has 0 aliphatic carbocycles. The van der Waals surface area contributed by atoms with Crippen LogP contribution in [0.4, 0.5) is 11.5 Å². The number of nitrogens with two attached hydrogens (primary N) is 1. The summed E-state index contributed by atoms with van der Waals surface area (Å²) < 4.78 is 30.6. The monoisotopic (exact) mass is 317 g/mol. The molecule has 0 fully saturated rings. The lowest BCUT2D eigenvalue weighted by atomic mass is 10.1. The predicted octanol–water partition coefficient (Wildman–Crippen LogP) is 0.586. The molecule has 0 bridgehead atoms. The summed E-state index contributed by atoms with van der Waals surface area (Å²) in [6, 6.07) is 0. The lowest BCUT2D eigenvalue weighted by molar-refractivity contribution is 0.234. The summed E-state index contributed by atoms with van der Waals surface area (Å²) in [6.07, 6.45) is 2.40. The maximum absolute atomic E-state index is 11.3. The average Bonchev–Trinajstić information content (AvgIpc) is 2.26. The van der Waals surface area contributed by atoms with Gasteiger partial charge >= 0.3 is 0 Å². The molecule has 1 aromatic rings. The van der Waals surface area contributed by atoms with Crippen LogP contribution >= 0.6 is 0 Å². The van der Waals surface area contributed by atoms with E-state index in [4.69, 9.17) is 10.5 Å². The number of ether oxygens (including phenoxy) is 1. The van der Waals surface area contributed by atoms with E-state index in [1.165, 1.54) is 6.33 Å². The van der Waals surface area contributed by atoms with Gasteiger partial charge in [-0.2, -0.15) is 4.98 Å². The molecule has 0 amide bonds. The molecule has 120 valence electrons. The second-order valence-corrected chi connectivity index (χ2v) is 7.47. The fourth-order valence-corrected chi connectivity index (χ4v) is 2.76. The van der Waals surface area contributed by atoms with Gasteiger partial charge in [-0.05, 0) is 27.7 Å². The second kappa shape index (κ2) is 6.44. The number of hydrogen-bond acceptors (Lipinski definition) is 7. The maximum Gasteiger partial charge on any atom is 0.242 e. The fraction of sp³-hybridized carbons (Fsp3) is 0.667. The molecular weight excluding hydrogens is 294 g/mol. The fourth-order valence-electron chi connectivity index (χ4n) is 1.68. The zero-order valence-corrected chi connectivity index (χ0v) is 13.8. The van der Waals surface area contributed by atoms with Crippen molar-refractivity contribution in [3.8, 4) is 5.88 Å². The minimum atomic E-state index is -3.30. The number of hydrogen-bond donors (Lipinski definition) is 3. The quantitative estimate of drug-likeness (QED) is 0.673. The summed E-state index contributed by atoms with van der Waals surface area (Å²) >= 11 is 0. The summed E-state index contributed by atoms with van der Waals surface area (Å²) in [7, 11) is -3.30. The van der Waals surface area contributed by atoms with Gasteiger partial charge in [0.2, 0.25) is 15.9 Å². The minimum Gasteiger partial charge on any atom is -0.473 e. The largest absolute Gasteiger partial charge is 0.473 e. The van der Waals surface area contributed by atoms with Crippen LogP contribution in [0.25, 0.3) is 0 Å². The zero-order valence-electron chi connectivity index (χ0n) is 13.0. The number of nitrogen functional groups attached to an aromatic ring is 1. The first-order chi connectivity index (χ1) is 9.50. The van der Waals surface area contributed by atoms with Crippen molar-refractivity contribution in [1.29, 1.82) is 0 Å². The third kappa shape index (κ3) is 6.13. The van der Waals surface area contributed by atoms with E-state index >= 15 is 0 Å². The predicted molar refractivity (Wildman–Crippen MR) is 82.8 cm³/mol. The Bertz CT molecular complexity index is 587. The molecule has 0 unspecified atom stereocenters. The van der Waals surface area contributed by atoms with Gasteiger partial charge in [0.05, 0.1) is 12.4 Å². The van der Waals surface area contributed by atoms with Gasteiger partial charge in [-0.25, -0.2) is 18.1 Å². The van der Waals surface area contributed by atoms with Crippen LogP contribution in [0.2, 0.25) is 0 Å². The highest BCUT2D eigenvalue weighted by Gasteiger charge is 2.22. The molecule has 21 heavy (non-hydrogen) atoms. The summed E-state index contributed by atoms with van der Waals surface area (Å²) in [5.74, 6) is 0.709. The highest BCUT2D eigenvalue weighted by Crippen LogP contribution is 2.25. The van der Waals surface area contributed by atoms with Crippen LogP contribution < -0.4 is 20.5 Å². The average molecular weight is 317 g/mol. The first-order valence-electron chi connectivity index (χ1n) is 6.50. The first kappa shape index (κ1) is 17.4. The van der Waals surface area contributed by atoms with Crippen LogP contribution in [0.15, 0.2) is 6.33 Å². The van der Waals surface area contributed by atoms with Crippen LogP contribution in [0.1, 0.15) is 27.7 Å². The Kier molecular flexibility index (Phi) is 5.35. The Hall–Kier alpha value is -1.61. The van der Waals surface area contributed by atoms with Crippen molar-refractivity contribution < 1.29 is 13.2 Å². The molecule has 0 aliphatic heterocycles. The molecule has 1 rings (SSSR count). The Morgan fingerprint density at radius 1 is 1.38 bits per heavy atom. The molecule has 0 saturated carbocycles. The van der Waals surface area contributed by atoms with Crippen molar-refractivity contribution in [2.24, 2.45) is 0 Å². The Morgan fingerprint density at radius 3 is 2.52 bits per heavy atom. The number of rotatable bonds is 7. The van der Waals surface area contributed by atoms with Gasteiger partial charge in [-0.1, -0.05) is 0 Å². The molecule has 0 atom stereocenters. The third-order valence-corrected chi connectivity index (χ3v) is 3.28. The molecule has 0 spiro atoms. The molecule has 0 saturated heterocycles. The van der Waals surface area contributed by atoms with Crippen LogP contribution in [-0.2, 0) is 10.0 Å². The lowest BCUT2D eigenvalue weighted by Crippen LogP contribution is -2.47. The number of sulfonamides is 1. The van der Waals surface area contributed by atoms with Gasteiger partial charge < -0.3 is 15.8 Å². The van der Waals surface area contributed by atoms with Gasteiger partial charge in [0.1, 0.15) is 12.0 Å². The van der Waals surface area contributed by atoms with Crippen molar-refractivity contribution in [3.63, 3.8) is 0 Å². The van der Waals surface area contributed by atoms with Gasteiger partial charge in [0, 0.05) is 12.1 Å². The molecule has 0 aliphatic rings. The van der Waals surface area contributed by atoms with Gasteiger partial charge in [0.15, 0.2) is 5.82 Å². The van der Waals surface area contributed by atoms with Crippen LogP contribution in [0.3, 0.4) is 0 Å². The minimum absolute atomic E-state index is 0.0570. The number of nitrogens with zero attached hydrogens (tertiary/aromatic N) is 2. The molecule has 0 aromatic carbocycles. The molecule has 1 heterocycles. The van der Waals surface area contributed by atoms with Crippen molar-refractivity contribution in [2.75, 3.05) is 23.9 Å². The van der Waals surface area contributed by atoms with E-state index in [1.807, 2.05) is 13.8 Å².